The molecule has 1 aliphatic carbocycles. The monoisotopic (exact) mass is 221 g/mol. The summed E-state index contributed by atoms with van der Waals surface area (Å²) in [5, 5.41) is 8.99. The predicted molar refractivity (Wildman–Crippen MR) is 60.3 cm³/mol. The second-order valence-corrected chi connectivity index (χ2v) is 5.10. The molecule has 1 saturated carbocycles. The maximum atomic E-state index is 12.1. The summed E-state index contributed by atoms with van der Waals surface area (Å²) in [4.78, 5) is 13.8. The van der Waals surface area contributed by atoms with Gasteiger partial charge in [0.25, 0.3) is 0 Å². The Hall–Kier alpha value is -1.08. The van der Waals surface area contributed by atoms with Crippen LogP contribution in [0.4, 0.5) is 0 Å². The van der Waals surface area contributed by atoms with Gasteiger partial charge >= 0.3 is 0 Å². The van der Waals surface area contributed by atoms with Gasteiger partial charge in [-0.2, -0.15) is 5.26 Å². The molecular formula is C12H19N3O. The van der Waals surface area contributed by atoms with Crippen molar-refractivity contribution in [1.82, 2.24) is 4.90 Å². The van der Waals surface area contributed by atoms with Gasteiger partial charge in [0.15, 0.2) is 0 Å². The number of likely N-dealkylation sites (tertiary alicyclic amines) is 1. The maximum Gasteiger partial charge on any atom is 0.240 e. The van der Waals surface area contributed by atoms with Crippen molar-refractivity contribution in [3.63, 3.8) is 0 Å². The number of carbonyl (C=O) groups excluding carboxylic acids is 1. The molecule has 0 radical (unpaired) electrons. The number of nitriles is 1. The van der Waals surface area contributed by atoms with Crippen molar-refractivity contribution in [3.8, 4) is 6.07 Å². The summed E-state index contributed by atoms with van der Waals surface area (Å²) in [6, 6.07) is 1.71. The second kappa shape index (κ2) is 4.42. The Kier molecular flexibility index (Phi) is 3.15. The van der Waals surface area contributed by atoms with Gasteiger partial charge in [0, 0.05) is 6.04 Å². The van der Waals surface area contributed by atoms with E-state index in [9.17, 15) is 4.79 Å². The van der Waals surface area contributed by atoms with Crippen LogP contribution in [0.1, 0.15) is 39.0 Å². The quantitative estimate of drug-likeness (QED) is 0.773. The molecule has 0 aromatic rings. The maximum absolute atomic E-state index is 12.1. The topological polar surface area (TPSA) is 70.1 Å². The van der Waals surface area contributed by atoms with Crippen molar-refractivity contribution in [2.75, 3.05) is 0 Å². The van der Waals surface area contributed by atoms with E-state index in [4.69, 9.17) is 11.0 Å². The van der Waals surface area contributed by atoms with Crippen molar-refractivity contribution in [1.29, 1.82) is 5.26 Å². The van der Waals surface area contributed by atoms with E-state index < -0.39 is 6.04 Å². The Bertz CT molecular complexity index is 319. The first-order chi connectivity index (χ1) is 7.63. The summed E-state index contributed by atoms with van der Waals surface area (Å²) in [7, 11) is 0. The molecule has 2 aliphatic rings. The molecule has 1 amide bonds. The molecule has 16 heavy (non-hydrogen) atoms. The highest BCUT2D eigenvalue weighted by atomic mass is 16.2. The van der Waals surface area contributed by atoms with Crippen LogP contribution in [0.3, 0.4) is 0 Å². The standard InChI is InChI=1S/C12H19N3O/c1-8-2-5-10(7-13)15(8)12(16)11(14)6-9-3-4-9/h8-11H,2-6,14H2,1H3/t8-,10-,11-/m0/s1. The Morgan fingerprint density at radius 3 is 2.75 bits per heavy atom. The number of carbonyl (C=O) groups is 1. The SMILES string of the molecule is C[C@H]1CC[C@@H](C#N)N1C(=O)[C@@H](N)CC1CC1. The van der Waals surface area contributed by atoms with Crippen LogP contribution >= 0.6 is 0 Å². The van der Waals surface area contributed by atoms with Gasteiger partial charge in [0.2, 0.25) is 5.91 Å². The second-order valence-electron chi connectivity index (χ2n) is 5.10. The van der Waals surface area contributed by atoms with Gasteiger partial charge in [-0.1, -0.05) is 12.8 Å². The van der Waals surface area contributed by atoms with Crippen LogP contribution in [0, 0.1) is 17.2 Å². The molecule has 2 fully saturated rings. The van der Waals surface area contributed by atoms with E-state index >= 15 is 0 Å². The number of rotatable bonds is 3. The van der Waals surface area contributed by atoms with Crippen LogP contribution in [-0.2, 0) is 4.79 Å². The first-order valence-corrected chi connectivity index (χ1v) is 6.11. The molecule has 4 heteroatoms. The Morgan fingerprint density at radius 2 is 2.19 bits per heavy atom. The van der Waals surface area contributed by atoms with E-state index in [1.807, 2.05) is 6.92 Å². The highest BCUT2D eigenvalue weighted by Gasteiger charge is 2.38. The van der Waals surface area contributed by atoms with E-state index in [1.54, 1.807) is 4.90 Å². The van der Waals surface area contributed by atoms with Crippen LogP contribution < -0.4 is 5.73 Å². The molecule has 2 N–H and O–H groups in total. The smallest absolute Gasteiger partial charge is 0.240 e. The summed E-state index contributed by atoms with van der Waals surface area (Å²) < 4.78 is 0. The summed E-state index contributed by atoms with van der Waals surface area (Å²) >= 11 is 0. The third kappa shape index (κ3) is 2.19. The molecule has 3 atom stereocenters. The molecular weight excluding hydrogens is 202 g/mol. The fourth-order valence-electron chi connectivity index (χ4n) is 2.49. The summed E-state index contributed by atoms with van der Waals surface area (Å²) in [5.74, 6) is 0.626. The van der Waals surface area contributed by atoms with Crippen LogP contribution in [-0.4, -0.2) is 28.9 Å². The molecule has 0 aromatic carbocycles. The lowest BCUT2D eigenvalue weighted by atomic mass is 10.1. The highest BCUT2D eigenvalue weighted by molar-refractivity contribution is 5.82. The molecule has 2 rings (SSSR count). The van der Waals surface area contributed by atoms with E-state index in [0.29, 0.717) is 5.92 Å². The molecule has 0 spiro atoms. The zero-order chi connectivity index (χ0) is 11.7. The van der Waals surface area contributed by atoms with Crippen LogP contribution in [0.2, 0.25) is 0 Å². The van der Waals surface area contributed by atoms with Crippen LogP contribution in [0.15, 0.2) is 0 Å². The molecule has 1 heterocycles. The minimum atomic E-state index is -0.399. The van der Waals surface area contributed by atoms with E-state index in [2.05, 4.69) is 6.07 Å². The number of hydrogen-bond donors (Lipinski definition) is 1. The summed E-state index contributed by atoms with van der Waals surface area (Å²) in [6.45, 7) is 2.00. The van der Waals surface area contributed by atoms with Gasteiger partial charge in [-0.3, -0.25) is 4.79 Å². The van der Waals surface area contributed by atoms with Gasteiger partial charge in [0.1, 0.15) is 6.04 Å². The van der Waals surface area contributed by atoms with Crippen molar-refractivity contribution in [2.45, 2.75) is 57.2 Å². The fourth-order valence-corrected chi connectivity index (χ4v) is 2.49. The lowest BCUT2D eigenvalue weighted by Crippen LogP contribution is -2.48. The third-order valence-corrected chi connectivity index (χ3v) is 3.67. The van der Waals surface area contributed by atoms with Crippen LogP contribution in [0.25, 0.3) is 0 Å². The summed E-state index contributed by atoms with van der Waals surface area (Å²) in [5.41, 5.74) is 5.92. The number of nitrogens with two attached hydrogens (primary N) is 1. The largest absolute Gasteiger partial charge is 0.323 e. The number of nitrogens with zero attached hydrogens (tertiary/aromatic N) is 2. The average Bonchev–Trinajstić information content (AvgIpc) is 2.99. The average molecular weight is 221 g/mol. The van der Waals surface area contributed by atoms with Crippen molar-refractivity contribution >= 4 is 5.91 Å². The van der Waals surface area contributed by atoms with E-state index in [-0.39, 0.29) is 18.0 Å². The van der Waals surface area contributed by atoms with Gasteiger partial charge in [-0.15, -0.1) is 0 Å². The van der Waals surface area contributed by atoms with Crippen molar-refractivity contribution in [3.05, 3.63) is 0 Å². The molecule has 88 valence electrons. The predicted octanol–water partition coefficient (Wildman–Crippen LogP) is 1.02. The molecule has 0 aromatic heterocycles. The molecule has 1 aliphatic heterocycles. The lowest BCUT2D eigenvalue weighted by Gasteiger charge is -2.27. The van der Waals surface area contributed by atoms with Gasteiger partial charge in [0.05, 0.1) is 12.1 Å². The molecule has 1 saturated heterocycles. The normalized spacial score (nSPS) is 31.2. The zero-order valence-electron chi connectivity index (χ0n) is 9.72. The first-order valence-electron chi connectivity index (χ1n) is 6.11. The minimum absolute atomic E-state index is 0.0246. The van der Waals surface area contributed by atoms with Gasteiger partial charge in [-0.25, -0.2) is 0 Å². The highest BCUT2D eigenvalue weighted by Crippen LogP contribution is 2.34. The van der Waals surface area contributed by atoms with Crippen molar-refractivity contribution < 1.29 is 4.79 Å². The Morgan fingerprint density at radius 1 is 1.50 bits per heavy atom. The molecule has 0 unspecified atom stereocenters. The van der Waals surface area contributed by atoms with E-state index in [0.717, 1.165) is 19.3 Å². The summed E-state index contributed by atoms with van der Waals surface area (Å²) in [6.07, 6.45) is 4.91. The first kappa shape index (κ1) is 11.4. The number of hydrogen-bond acceptors (Lipinski definition) is 3. The van der Waals surface area contributed by atoms with E-state index in [1.165, 1.54) is 12.8 Å². The Balaban J connectivity index is 1.98. The molecule has 0 bridgehead atoms. The van der Waals surface area contributed by atoms with Gasteiger partial charge in [-0.05, 0) is 32.1 Å². The fraction of sp³-hybridized carbons (Fsp3) is 0.833. The van der Waals surface area contributed by atoms with Gasteiger partial charge < -0.3 is 10.6 Å². The van der Waals surface area contributed by atoms with Crippen LogP contribution in [0.5, 0.6) is 0 Å². The third-order valence-electron chi connectivity index (χ3n) is 3.67. The Labute approximate surface area is 96.4 Å². The molecule has 4 nitrogen and oxygen atoms in total. The van der Waals surface area contributed by atoms with Crippen molar-refractivity contribution in [2.24, 2.45) is 11.7 Å². The minimum Gasteiger partial charge on any atom is -0.323 e. The zero-order valence-corrected chi connectivity index (χ0v) is 9.72. The lowest BCUT2D eigenvalue weighted by molar-refractivity contribution is -0.134. The number of amides is 1.